The van der Waals surface area contributed by atoms with Gasteiger partial charge in [0.05, 0.1) is 5.92 Å². The van der Waals surface area contributed by atoms with Crippen molar-refractivity contribution in [2.45, 2.75) is 44.7 Å². The Balaban J connectivity index is 1.16. The molecule has 2 amide bonds. The minimum atomic E-state index is -0.355. The highest BCUT2D eigenvalue weighted by Crippen LogP contribution is 2.48. The average Bonchev–Trinajstić information content (AvgIpc) is 3.46. The molecule has 0 aliphatic carbocycles. The molecule has 0 saturated carbocycles. The molecule has 3 aliphatic rings. The van der Waals surface area contributed by atoms with E-state index in [0.717, 1.165) is 35.5 Å². The van der Waals surface area contributed by atoms with E-state index in [1.165, 1.54) is 6.92 Å². The first-order valence-electron chi connectivity index (χ1n) is 14.3. The fraction of sp³-hybridized carbons (Fsp3) is 0.355. The summed E-state index contributed by atoms with van der Waals surface area (Å²) in [6, 6.07) is 15.0. The third-order valence-corrected chi connectivity index (χ3v) is 8.64. The first-order valence-corrected chi connectivity index (χ1v) is 14.3. The van der Waals surface area contributed by atoms with Crippen molar-refractivity contribution in [3.05, 3.63) is 88.4 Å². The predicted molar refractivity (Wildman–Crippen MR) is 155 cm³/mol. The Morgan fingerprint density at radius 1 is 1.12 bits per heavy atom. The van der Waals surface area contributed by atoms with E-state index in [1.54, 1.807) is 18.5 Å². The van der Waals surface area contributed by atoms with E-state index >= 15 is 0 Å². The third-order valence-electron chi connectivity index (χ3n) is 8.64. The number of piperidine rings is 1. The molecular weight excluding hydrogens is 534 g/mol. The Bertz CT molecular complexity index is 1720. The minimum absolute atomic E-state index is 0.0121. The monoisotopic (exact) mass is 565 g/mol. The number of benzene rings is 1. The van der Waals surface area contributed by atoms with Gasteiger partial charge in [0.1, 0.15) is 0 Å². The van der Waals surface area contributed by atoms with Crippen molar-refractivity contribution < 1.29 is 14.1 Å². The van der Waals surface area contributed by atoms with Crippen molar-refractivity contribution >= 4 is 23.2 Å². The van der Waals surface area contributed by atoms with Crippen LogP contribution in [0.2, 0.25) is 0 Å². The van der Waals surface area contributed by atoms with Gasteiger partial charge < -0.3 is 24.6 Å². The van der Waals surface area contributed by atoms with Gasteiger partial charge in [0.2, 0.25) is 23.5 Å². The molecule has 4 atom stereocenters. The molecule has 7 rings (SSSR count). The van der Waals surface area contributed by atoms with Crippen LogP contribution >= 0.6 is 0 Å². The van der Waals surface area contributed by atoms with E-state index < -0.39 is 0 Å². The van der Waals surface area contributed by atoms with Gasteiger partial charge in [-0.25, -0.2) is 0 Å². The van der Waals surface area contributed by atoms with Crippen LogP contribution in [0.1, 0.15) is 36.4 Å². The number of fused-ring (bicyclic) bond motifs is 8. The second-order valence-electron chi connectivity index (χ2n) is 11.4. The van der Waals surface area contributed by atoms with E-state index in [2.05, 4.69) is 36.7 Å². The van der Waals surface area contributed by atoms with E-state index in [-0.39, 0.29) is 35.3 Å². The molecule has 1 aromatic carbocycles. The van der Waals surface area contributed by atoms with Gasteiger partial charge in [0.15, 0.2) is 0 Å². The number of hydrogen-bond acceptors (Lipinski definition) is 8. The molecule has 0 radical (unpaired) electrons. The maximum Gasteiger partial charge on any atom is 0.250 e. The van der Waals surface area contributed by atoms with Gasteiger partial charge in [-0.2, -0.15) is 4.98 Å². The number of carbonyl (C=O) groups excluding carboxylic acids is 2. The van der Waals surface area contributed by atoms with Crippen LogP contribution in [0.25, 0.3) is 11.4 Å². The zero-order valence-corrected chi connectivity index (χ0v) is 23.2. The molecule has 0 unspecified atom stereocenters. The van der Waals surface area contributed by atoms with Gasteiger partial charge in [-0.1, -0.05) is 11.2 Å². The van der Waals surface area contributed by atoms with Crippen molar-refractivity contribution in [3.8, 4) is 11.4 Å². The predicted octanol–water partition coefficient (Wildman–Crippen LogP) is 2.78. The second kappa shape index (κ2) is 10.6. The van der Waals surface area contributed by atoms with Gasteiger partial charge >= 0.3 is 0 Å². The van der Waals surface area contributed by atoms with Crippen molar-refractivity contribution in [1.29, 1.82) is 0 Å². The fourth-order valence-electron chi connectivity index (χ4n) is 7.00. The second-order valence-corrected chi connectivity index (χ2v) is 11.4. The number of pyridine rings is 2. The summed E-state index contributed by atoms with van der Waals surface area (Å²) in [5.74, 6) is 0.694. The molecule has 42 heavy (non-hydrogen) atoms. The molecule has 4 aromatic rings. The molecule has 3 aromatic heterocycles. The van der Waals surface area contributed by atoms with E-state index in [9.17, 15) is 14.4 Å². The number of anilines is 2. The first kappa shape index (κ1) is 26.1. The summed E-state index contributed by atoms with van der Waals surface area (Å²) in [5, 5.41) is 10.0. The summed E-state index contributed by atoms with van der Waals surface area (Å²) in [6.07, 6.45) is 5.22. The van der Waals surface area contributed by atoms with Crippen LogP contribution in [-0.2, 0) is 29.0 Å². The largest absolute Gasteiger partial charge is 0.366 e. The van der Waals surface area contributed by atoms with Crippen molar-refractivity contribution in [2.75, 3.05) is 23.3 Å². The summed E-state index contributed by atoms with van der Waals surface area (Å²) >= 11 is 0. The van der Waals surface area contributed by atoms with Crippen LogP contribution in [0.5, 0.6) is 0 Å². The van der Waals surface area contributed by atoms with Crippen LogP contribution in [0, 0.1) is 11.8 Å². The number of amides is 2. The van der Waals surface area contributed by atoms with Gasteiger partial charge in [0.25, 0.3) is 5.56 Å². The van der Waals surface area contributed by atoms with E-state index in [4.69, 9.17) is 4.52 Å². The molecule has 11 heteroatoms. The SMILES string of the molecule is CC(=O)Nc1ccc2c(c1)C[C@@H](C(=O)NCCc1nc(-c3cccnc3)no1)[C@H]1[C@@H]3C[C@H](CN21)Cn1c3cccc1=O. The van der Waals surface area contributed by atoms with E-state index in [1.807, 2.05) is 41.0 Å². The Hall–Kier alpha value is -4.80. The minimum Gasteiger partial charge on any atom is -0.366 e. The number of hydrogen-bond donors (Lipinski definition) is 2. The lowest BCUT2D eigenvalue weighted by Crippen LogP contribution is -2.60. The summed E-state index contributed by atoms with van der Waals surface area (Å²) in [7, 11) is 0. The highest BCUT2D eigenvalue weighted by atomic mass is 16.5. The zero-order valence-electron chi connectivity index (χ0n) is 23.2. The van der Waals surface area contributed by atoms with Crippen molar-refractivity contribution in [1.82, 2.24) is 25.0 Å². The fourth-order valence-corrected chi connectivity index (χ4v) is 7.00. The van der Waals surface area contributed by atoms with Gasteiger partial charge in [0, 0.05) is 86.0 Å². The van der Waals surface area contributed by atoms with Gasteiger partial charge in [-0.15, -0.1) is 0 Å². The Morgan fingerprint density at radius 2 is 2.02 bits per heavy atom. The maximum absolute atomic E-state index is 13.9. The molecule has 2 bridgehead atoms. The molecule has 3 aliphatic heterocycles. The number of nitrogens with zero attached hydrogens (tertiary/aromatic N) is 5. The highest BCUT2D eigenvalue weighted by Gasteiger charge is 2.49. The maximum atomic E-state index is 13.9. The third kappa shape index (κ3) is 4.74. The molecule has 1 saturated heterocycles. The highest BCUT2D eigenvalue weighted by molar-refractivity contribution is 5.89. The lowest BCUT2D eigenvalue weighted by atomic mass is 9.69. The van der Waals surface area contributed by atoms with Crippen LogP contribution < -0.4 is 21.1 Å². The summed E-state index contributed by atoms with van der Waals surface area (Å²) < 4.78 is 7.31. The molecule has 214 valence electrons. The van der Waals surface area contributed by atoms with Crippen molar-refractivity contribution in [2.24, 2.45) is 11.8 Å². The standard InChI is InChI=1S/C31H31N7O4/c1-18(39)34-22-7-8-25-21(13-22)14-24(29-23-12-19(17-38(25)29)16-37-26(23)5-2-6-28(37)40)31(41)33-11-9-27-35-30(36-42-27)20-4-3-10-32-15-20/h2-8,10,13,15,19,23-24,29H,9,11-12,14,16-17H2,1H3,(H,33,41)(H,34,39)/t19-,23+,24+,29+/m0/s1. The number of nitrogens with one attached hydrogen (secondary N) is 2. The molecule has 1 fully saturated rings. The van der Waals surface area contributed by atoms with Crippen LogP contribution in [0.3, 0.4) is 0 Å². The van der Waals surface area contributed by atoms with Crippen LogP contribution in [-0.4, -0.2) is 50.6 Å². The number of carbonyl (C=O) groups is 2. The van der Waals surface area contributed by atoms with Gasteiger partial charge in [-0.3, -0.25) is 19.4 Å². The van der Waals surface area contributed by atoms with Crippen molar-refractivity contribution in [3.63, 3.8) is 0 Å². The molecule has 6 heterocycles. The van der Waals surface area contributed by atoms with Gasteiger partial charge in [-0.05, 0) is 60.7 Å². The zero-order chi connectivity index (χ0) is 28.8. The van der Waals surface area contributed by atoms with E-state index in [0.29, 0.717) is 49.3 Å². The normalized spacial score (nSPS) is 22.0. The summed E-state index contributed by atoms with van der Waals surface area (Å²) in [6.45, 7) is 3.27. The molecular formula is C31H31N7O4. The van der Waals surface area contributed by atoms with Crippen LogP contribution in [0.4, 0.5) is 11.4 Å². The Labute approximate surface area is 242 Å². The number of aromatic nitrogens is 4. The lowest BCUT2D eigenvalue weighted by molar-refractivity contribution is -0.126. The first-order chi connectivity index (χ1) is 20.4. The summed E-state index contributed by atoms with van der Waals surface area (Å²) in [4.78, 5) is 49.4. The number of rotatable bonds is 6. The smallest absolute Gasteiger partial charge is 0.250 e. The molecule has 0 spiro atoms. The lowest BCUT2D eigenvalue weighted by Gasteiger charge is -2.54. The molecule has 11 nitrogen and oxygen atoms in total. The molecule has 2 N–H and O–H groups in total. The average molecular weight is 566 g/mol. The topological polar surface area (TPSA) is 135 Å². The Kier molecular flexibility index (Phi) is 6.56. The summed E-state index contributed by atoms with van der Waals surface area (Å²) in [5.41, 5.74) is 4.61. The Morgan fingerprint density at radius 3 is 2.86 bits per heavy atom. The van der Waals surface area contributed by atoms with Crippen LogP contribution in [0.15, 0.2) is 70.2 Å². The quantitative estimate of drug-likeness (QED) is 0.364.